The van der Waals surface area contributed by atoms with E-state index in [1.165, 1.54) is 30.6 Å². The molecule has 1 aromatic carbocycles. The van der Waals surface area contributed by atoms with Gasteiger partial charge in [0.15, 0.2) is 5.65 Å². The SMILES string of the molecule is FC(F)(F)Oc1ccc(-c2cn3c(C(F)(F)Br)nnc3cn2)c(C2CC2)c1. The van der Waals surface area contributed by atoms with E-state index in [1.807, 2.05) is 0 Å². The van der Waals surface area contributed by atoms with E-state index in [0.717, 1.165) is 17.2 Å². The van der Waals surface area contributed by atoms with Gasteiger partial charge in [0.2, 0.25) is 5.82 Å². The topological polar surface area (TPSA) is 52.3 Å². The molecular formula is C16H10BrF5N4O. The summed E-state index contributed by atoms with van der Waals surface area (Å²) < 4.78 is 69.8. The lowest BCUT2D eigenvalue weighted by Crippen LogP contribution is -2.17. The lowest BCUT2D eigenvalue weighted by molar-refractivity contribution is -0.274. The molecule has 3 aromatic rings. The van der Waals surface area contributed by atoms with Gasteiger partial charge in [-0.2, -0.15) is 8.78 Å². The van der Waals surface area contributed by atoms with E-state index in [-0.39, 0.29) is 17.3 Å². The number of ether oxygens (including phenoxy) is 1. The first kappa shape index (κ1) is 18.1. The molecule has 0 spiro atoms. The lowest BCUT2D eigenvalue weighted by atomic mass is 10.0. The third-order valence-electron chi connectivity index (χ3n) is 4.10. The molecule has 1 fully saturated rings. The van der Waals surface area contributed by atoms with Gasteiger partial charge < -0.3 is 4.74 Å². The molecule has 1 saturated carbocycles. The molecule has 1 aliphatic carbocycles. The fourth-order valence-electron chi connectivity index (χ4n) is 2.84. The Morgan fingerprint density at radius 3 is 2.48 bits per heavy atom. The van der Waals surface area contributed by atoms with Crippen LogP contribution in [0.25, 0.3) is 16.9 Å². The zero-order chi connectivity index (χ0) is 19.4. The van der Waals surface area contributed by atoms with Crippen molar-refractivity contribution in [1.82, 2.24) is 19.6 Å². The maximum absolute atomic E-state index is 13.6. The van der Waals surface area contributed by atoms with Crippen molar-refractivity contribution < 1.29 is 26.7 Å². The largest absolute Gasteiger partial charge is 0.573 e. The standard InChI is InChI=1S/C16H10BrF5N4O/c17-15(18,19)14-25-24-13-6-23-12(7-26(13)14)10-4-3-9(27-16(20,21)22)5-11(10)8-1-2-8/h3-8H,1-2H2. The maximum Gasteiger partial charge on any atom is 0.573 e. The van der Waals surface area contributed by atoms with Crippen LogP contribution >= 0.6 is 15.9 Å². The van der Waals surface area contributed by atoms with Crippen molar-refractivity contribution in [3.05, 3.63) is 42.0 Å². The van der Waals surface area contributed by atoms with E-state index >= 15 is 0 Å². The summed E-state index contributed by atoms with van der Waals surface area (Å²) >= 11 is 2.25. The number of hydrogen-bond donors (Lipinski definition) is 0. The number of alkyl halides is 6. The Morgan fingerprint density at radius 2 is 1.85 bits per heavy atom. The van der Waals surface area contributed by atoms with E-state index in [4.69, 9.17) is 0 Å². The zero-order valence-corrected chi connectivity index (χ0v) is 14.9. The second-order valence-corrected chi connectivity index (χ2v) is 7.09. The summed E-state index contributed by atoms with van der Waals surface area (Å²) in [5, 5.41) is 7.10. The lowest BCUT2D eigenvalue weighted by Gasteiger charge is -2.14. The monoisotopic (exact) mass is 448 g/mol. The summed E-state index contributed by atoms with van der Waals surface area (Å²) in [7, 11) is 0. The van der Waals surface area contributed by atoms with Gasteiger partial charge in [-0.3, -0.25) is 9.38 Å². The van der Waals surface area contributed by atoms with Crippen LogP contribution in [0, 0.1) is 0 Å². The molecule has 2 heterocycles. The second-order valence-electron chi connectivity index (χ2n) is 6.09. The number of benzene rings is 1. The van der Waals surface area contributed by atoms with Crippen molar-refractivity contribution in [2.45, 2.75) is 30.0 Å². The van der Waals surface area contributed by atoms with Crippen molar-refractivity contribution in [3.8, 4) is 17.0 Å². The predicted octanol–water partition coefficient (Wildman–Crippen LogP) is 5.01. The Kier molecular flexibility index (Phi) is 4.09. The van der Waals surface area contributed by atoms with Crippen molar-refractivity contribution in [3.63, 3.8) is 0 Å². The van der Waals surface area contributed by atoms with Crippen LogP contribution in [0.3, 0.4) is 0 Å². The third kappa shape index (κ3) is 3.73. The fraction of sp³-hybridized carbons (Fsp3) is 0.312. The molecule has 0 amide bonds. The molecule has 142 valence electrons. The average Bonchev–Trinajstić information content (AvgIpc) is 3.30. The average molecular weight is 449 g/mol. The van der Waals surface area contributed by atoms with E-state index in [9.17, 15) is 22.0 Å². The Labute approximate surface area is 157 Å². The molecule has 0 N–H and O–H groups in total. The molecule has 27 heavy (non-hydrogen) atoms. The molecule has 0 unspecified atom stereocenters. The number of aromatic nitrogens is 4. The van der Waals surface area contributed by atoms with Crippen molar-refractivity contribution in [2.24, 2.45) is 0 Å². The highest BCUT2D eigenvalue weighted by molar-refractivity contribution is 9.09. The highest BCUT2D eigenvalue weighted by atomic mass is 79.9. The Morgan fingerprint density at radius 1 is 1.11 bits per heavy atom. The number of rotatable bonds is 4. The first-order valence-corrected chi connectivity index (χ1v) is 8.59. The van der Waals surface area contributed by atoms with E-state index in [1.54, 1.807) is 0 Å². The van der Waals surface area contributed by atoms with Crippen LogP contribution in [0.15, 0.2) is 30.6 Å². The normalized spacial score (nSPS) is 15.3. The van der Waals surface area contributed by atoms with Crippen molar-refractivity contribution in [1.29, 1.82) is 0 Å². The summed E-state index contributed by atoms with van der Waals surface area (Å²) in [5.41, 5.74) is 1.62. The van der Waals surface area contributed by atoms with Gasteiger partial charge in [-0.1, -0.05) is 0 Å². The minimum atomic E-state index is -4.79. The van der Waals surface area contributed by atoms with Crippen LogP contribution in [0.2, 0.25) is 0 Å². The summed E-state index contributed by atoms with van der Waals surface area (Å²) in [6.07, 6.45) is -0.533. The molecule has 0 bridgehead atoms. The highest BCUT2D eigenvalue weighted by Gasteiger charge is 2.35. The molecule has 0 radical (unpaired) electrons. The van der Waals surface area contributed by atoms with Crippen LogP contribution in [0.4, 0.5) is 22.0 Å². The molecule has 5 nitrogen and oxygen atoms in total. The Hall–Kier alpha value is -2.30. The maximum atomic E-state index is 13.6. The number of halogens is 6. The summed E-state index contributed by atoms with van der Waals surface area (Å²) in [6, 6.07) is 3.93. The van der Waals surface area contributed by atoms with Crippen LogP contribution in [0.1, 0.15) is 30.1 Å². The molecule has 1 aliphatic rings. The minimum absolute atomic E-state index is 0.0762. The van der Waals surface area contributed by atoms with Crippen LogP contribution in [-0.2, 0) is 4.83 Å². The molecule has 0 saturated heterocycles. The molecule has 0 aliphatic heterocycles. The van der Waals surface area contributed by atoms with Gasteiger partial charge in [-0.05, 0) is 58.5 Å². The second kappa shape index (κ2) is 6.11. The van der Waals surface area contributed by atoms with Gasteiger partial charge >= 0.3 is 11.2 Å². The Balaban J connectivity index is 1.81. The summed E-state index contributed by atoms with van der Waals surface area (Å²) in [6.45, 7) is 0. The van der Waals surface area contributed by atoms with Crippen molar-refractivity contribution in [2.75, 3.05) is 0 Å². The summed E-state index contributed by atoms with van der Waals surface area (Å²) in [4.78, 5) is 0.807. The minimum Gasteiger partial charge on any atom is -0.406 e. The first-order chi connectivity index (χ1) is 12.6. The van der Waals surface area contributed by atoms with Gasteiger partial charge in [0.05, 0.1) is 11.9 Å². The zero-order valence-electron chi connectivity index (χ0n) is 13.3. The van der Waals surface area contributed by atoms with E-state index < -0.39 is 17.0 Å². The van der Waals surface area contributed by atoms with Gasteiger partial charge in [-0.25, -0.2) is 0 Å². The highest BCUT2D eigenvalue weighted by Crippen LogP contribution is 2.46. The third-order valence-corrected chi connectivity index (χ3v) is 4.45. The fourth-order valence-corrected chi connectivity index (χ4v) is 3.11. The molecule has 11 heteroatoms. The van der Waals surface area contributed by atoms with Gasteiger partial charge in [-0.15, -0.1) is 23.4 Å². The van der Waals surface area contributed by atoms with Gasteiger partial charge in [0.1, 0.15) is 5.75 Å². The quantitative estimate of drug-likeness (QED) is 0.415. The summed E-state index contributed by atoms with van der Waals surface area (Å²) in [5.74, 6) is -0.871. The van der Waals surface area contributed by atoms with E-state index in [2.05, 4.69) is 35.8 Å². The van der Waals surface area contributed by atoms with Gasteiger partial charge in [0.25, 0.3) is 0 Å². The smallest absolute Gasteiger partial charge is 0.406 e. The first-order valence-electron chi connectivity index (χ1n) is 7.80. The molecular weight excluding hydrogens is 439 g/mol. The number of nitrogens with zero attached hydrogens (tertiary/aromatic N) is 4. The van der Waals surface area contributed by atoms with Crippen LogP contribution in [0.5, 0.6) is 5.75 Å². The molecule has 0 atom stereocenters. The number of fused-ring (bicyclic) bond motifs is 1. The number of hydrogen-bond acceptors (Lipinski definition) is 4. The van der Waals surface area contributed by atoms with Gasteiger partial charge in [0, 0.05) is 11.8 Å². The van der Waals surface area contributed by atoms with Crippen molar-refractivity contribution >= 4 is 21.6 Å². The molecule has 4 rings (SSSR count). The van der Waals surface area contributed by atoms with Crippen LogP contribution < -0.4 is 4.74 Å². The Bertz CT molecular complexity index is 1010. The predicted molar refractivity (Wildman–Crippen MR) is 87.7 cm³/mol. The molecule has 2 aromatic heterocycles. The van der Waals surface area contributed by atoms with E-state index in [0.29, 0.717) is 16.8 Å². The van der Waals surface area contributed by atoms with Crippen LogP contribution in [-0.4, -0.2) is 25.9 Å².